The molecule has 120 valence electrons. The molecule has 3 aromatic rings. The zero-order chi connectivity index (χ0) is 16.9. The average molecular weight is 338 g/mol. The molecule has 0 atom stereocenters. The summed E-state index contributed by atoms with van der Waals surface area (Å²) in [7, 11) is 0. The van der Waals surface area contributed by atoms with E-state index >= 15 is 0 Å². The van der Waals surface area contributed by atoms with Crippen molar-refractivity contribution in [3.63, 3.8) is 0 Å². The van der Waals surface area contributed by atoms with Crippen LogP contribution in [0.4, 0.5) is 5.13 Å². The van der Waals surface area contributed by atoms with Crippen LogP contribution in [0.5, 0.6) is 11.5 Å². The number of nitrogens with one attached hydrogen (secondary N) is 1. The number of aromatic nitrogens is 1. The molecule has 1 N–H and O–H groups in total. The molecule has 3 rings (SSSR count). The molecule has 0 saturated heterocycles. The fourth-order valence-electron chi connectivity index (χ4n) is 1.99. The second-order valence-corrected chi connectivity index (χ2v) is 5.85. The van der Waals surface area contributed by atoms with Gasteiger partial charge < -0.3 is 4.74 Å². The number of amides is 1. The van der Waals surface area contributed by atoms with Gasteiger partial charge in [-0.25, -0.2) is 4.98 Å². The summed E-state index contributed by atoms with van der Waals surface area (Å²) in [5.74, 6) is 0.821. The minimum atomic E-state index is -0.307. The number of rotatable bonds is 5. The summed E-state index contributed by atoms with van der Waals surface area (Å²) in [5.41, 5.74) is 0.791. The molecule has 2 aromatic carbocycles. The molecule has 6 heteroatoms. The number of ketones is 1. The molecule has 0 aliphatic carbocycles. The highest BCUT2D eigenvalue weighted by Crippen LogP contribution is 2.23. The number of para-hydroxylation sites is 1. The third-order valence-electron chi connectivity index (χ3n) is 3.16. The van der Waals surface area contributed by atoms with Gasteiger partial charge in [0.2, 0.25) is 0 Å². The number of thiazole rings is 1. The molecule has 1 heterocycles. The predicted octanol–water partition coefficient (Wildman–Crippen LogP) is 4.39. The van der Waals surface area contributed by atoms with E-state index in [9.17, 15) is 9.59 Å². The Hall–Kier alpha value is -2.99. The summed E-state index contributed by atoms with van der Waals surface area (Å²) in [6.07, 6.45) is 0. The van der Waals surface area contributed by atoms with E-state index in [0.29, 0.717) is 27.9 Å². The minimum absolute atomic E-state index is 0.134. The Morgan fingerprint density at radius 1 is 1.04 bits per heavy atom. The number of anilines is 1. The van der Waals surface area contributed by atoms with Crippen molar-refractivity contribution in [2.24, 2.45) is 0 Å². The molecule has 24 heavy (non-hydrogen) atoms. The first-order valence-corrected chi connectivity index (χ1v) is 8.10. The number of hydrogen-bond acceptors (Lipinski definition) is 5. The van der Waals surface area contributed by atoms with Crippen molar-refractivity contribution < 1.29 is 14.3 Å². The number of hydrogen-bond donors (Lipinski definition) is 1. The van der Waals surface area contributed by atoms with E-state index in [4.69, 9.17) is 4.74 Å². The van der Waals surface area contributed by atoms with Gasteiger partial charge in [0.05, 0.1) is 0 Å². The standard InChI is InChI=1S/C18H14N2O3S/c1-12(21)16-11-24-18(19-16)20-17(22)13-6-5-9-15(10-13)23-14-7-3-2-4-8-14/h2-11H,1H3,(H,19,20,22). The lowest BCUT2D eigenvalue weighted by molar-refractivity contribution is 0.100. The summed E-state index contributed by atoms with van der Waals surface area (Å²) in [4.78, 5) is 27.6. The van der Waals surface area contributed by atoms with Crippen molar-refractivity contribution in [3.8, 4) is 11.5 Å². The molecule has 0 bridgehead atoms. The van der Waals surface area contributed by atoms with Gasteiger partial charge in [0.15, 0.2) is 10.9 Å². The number of carbonyl (C=O) groups is 2. The van der Waals surface area contributed by atoms with Crippen LogP contribution >= 0.6 is 11.3 Å². The van der Waals surface area contributed by atoms with Crippen LogP contribution in [0.3, 0.4) is 0 Å². The highest BCUT2D eigenvalue weighted by molar-refractivity contribution is 7.14. The van der Waals surface area contributed by atoms with E-state index < -0.39 is 0 Å². The van der Waals surface area contributed by atoms with Crippen LogP contribution in [0, 0.1) is 0 Å². The van der Waals surface area contributed by atoms with Gasteiger partial charge in [-0.1, -0.05) is 24.3 Å². The molecule has 0 fully saturated rings. The van der Waals surface area contributed by atoms with Gasteiger partial charge in [-0.15, -0.1) is 11.3 Å². The molecular formula is C18H14N2O3S. The van der Waals surface area contributed by atoms with Crippen molar-refractivity contribution in [3.05, 3.63) is 71.2 Å². The van der Waals surface area contributed by atoms with E-state index in [0.717, 1.165) is 0 Å². The summed E-state index contributed by atoms with van der Waals surface area (Å²) in [6, 6.07) is 16.2. The monoisotopic (exact) mass is 338 g/mol. The van der Waals surface area contributed by atoms with Gasteiger partial charge in [0, 0.05) is 17.9 Å². The highest BCUT2D eigenvalue weighted by Gasteiger charge is 2.11. The molecular weight excluding hydrogens is 324 g/mol. The van der Waals surface area contributed by atoms with Gasteiger partial charge in [-0.3, -0.25) is 14.9 Å². The maximum atomic E-state index is 12.3. The lowest BCUT2D eigenvalue weighted by Crippen LogP contribution is -2.11. The van der Waals surface area contributed by atoms with E-state index in [1.807, 2.05) is 30.3 Å². The number of ether oxygens (including phenoxy) is 1. The number of carbonyl (C=O) groups excluding carboxylic acids is 2. The largest absolute Gasteiger partial charge is 0.457 e. The first-order valence-electron chi connectivity index (χ1n) is 7.22. The molecule has 0 radical (unpaired) electrons. The maximum Gasteiger partial charge on any atom is 0.257 e. The van der Waals surface area contributed by atoms with Crippen LogP contribution in [0.25, 0.3) is 0 Å². The molecule has 1 aromatic heterocycles. The topological polar surface area (TPSA) is 68.3 Å². The van der Waals surface area contributed by atoms with E-state index in [1.165, 1.54) is 18.3 Å². The third-order valence-corrected chi connectivity index (χ3v) is 3.92. The zero-order valence-electron chi connectivity index (χ0n) is 12.9. The van der Waals surface area contributed by atoms with Gasteiger partial charge in [-0.2, -0.15) is 0 Å². The van der Waals surface area contributed by atoms with E-state index in [1.54, 1.807) is 29.6 Å². The maximum absolute atomic E-state index is 12.3. The average Bonchev–Trinajstić information content (AvgIpc) is 3.05. The second kappa shape index (κ2) is 7.06. The Morgan fingerprint density at radius 3 is 2.50 bits per heavy atom. The molecule has 0 unspecified atom stereocenters. The van der Waals surface area contributed by atoms with Crippen molar-refractivity contribution in [2.45, 2.75) is 6.92 Å². The van der Waals surface area contributed by atoms with Crippen LogP contribution in [0.2, 0.25) is 0 Å². The van der Waals surface area contributed by atoms with Gasteiger partial charge >= 0.3 is 0 Å². The Balaban J connectivity index is 1.73. The van der Waals surface area contributed by atoms with Crippen LogP contribution in [-0.2, 0) is 0 Å². The second-order valence-electron chi connectivity index (χ2n) is 4.99. The summed E-state index contributed by atoms with van der Waals surface area (Å²) in [5, 5.41) is 4.69. The SMILES string of the molecule is CC(=O)c1csc(NC(=O)c2cccc(Oc3ccccc3)c2)n1. The Morgan fingerprint density at radius 2 is 1.79 bits per heavy atom. The molecule has 5 nitrogen and oxygen atoms in total. The van der Waals surface area contributed by atoms with Crippen molar-refractivity contribution in [1.29, 1.82) is 0 Å². The van der Waals surface area contributed by atoms with Crippen LogP contribution in [0.15, 0.2) is 60.0 Å². The first kappa shape index (κ1) is 15.9. The number of nitrogens with zero attached hydrogens (tertiary/aromatic N) is 1. The summed E-state index contributed by atoms with van der Waals surface area (Å²) < 4.78 is 5.72. The quantitative estimate of drug-likeness (QED) is 0.701. The van der Waals surface area contributed by atoms with Crippen LogP contribution < -0.4 is 10.1 Å². The lowest BCUT2D eigenvalue weighted by Gasteiger charge is -2.07. The highest BCUT2D eigenvalue weighted by atomic mass is 32.1. The van der Waals surface area contributed by atoms with Crippen molar-refractivity contribution >= 4 is 28.2 Å². The molecule has 0 spiro atoms. The van der Waals surface area contributed by atoms with Crippen molar-refractivity contribution in [1.82, 2.24) is 4.98 Å². The van der Waals surface area contributed by atoms with Gasteiger partial charge in [0.25, 0.3) is 5.91 Å². The first-order chi connectivity index (χ1) is 11.6. The number of benzene rings is 2. The van der Waals surface area contributed by atoms with E-state index in [2.05, 4.69) is 10.3 Å². The smallest absolute Gasteiger partial charge is 0.257 e. The Kier molecular flexibility index (Phi) is 4.67. The van der Waals surface area contributed by atoms with E-state index in [-0.39, 0.29) is 11.7 Å². The molecule has 0 aliphatic heterocycles. The normalized spacial score (nSPS) is 10.2. The summed E-state index contributed by atoms with van der Waals surface area (Å²) in [6.45, 7) is 1.44. The summed E-state index contributed by atoms with van der Waals surface area (Å²) >= 11 is 1.21. The van der Waals surface area contributed by atoms with Gasteiger partial charge in [0.1, 0.15) is 17.2 Å². The third kappa shape index (κ3) is 3.85. The Labute approximate surface area is 142 Å². The van der Waals surface area contributed by atoms with Gasteiger partial charge in [-0.05, 0) is 30.3 Å². The molecule has 1 amide bonds. The fraction of sp³-hybridized carbons (Fsp3) is 0.0556. The lowest BCUT2D eigenvalue weighted by atomic mass is 10.2. The van der Waals surface area contributed by atoms with Crippen LogP contribution in [0.1, 0.15) is 27.8 Å². The Bertz CT molecular complexity index is 875. The zero-order valence-corrected chi connectivity index (χ0v) is 13.7. The molecule has 0 saturated carbocycles. The van der Waals surface area contributed by atoms with Crippen molar-refractivity contribution in [2.75, 3.05) is 5.32 Å². The molecule has 0 aliphatic rings. The fourth-order valence-corrected chi connectivity index (χ4v) is 2.73. The van der Waals surface area contributed by atoms with Crippen LogP contribution in [-0.4, -0.2) is 16.7 Å². The minimum Gasteiger partial charge on any atom is -0.457 e. The predicted molar refractivity (Wildman–Crippen MR) is 93.0 cm³/mol. The number of Topliss-reactive ketones (excluding diaryl/α,β-unsaturated/α-hetero) is 1.